The van der Waals surface area contributed by atoms with Crippen LogP contribution >= 0.6 is 11.8 Å². The van der Waals surface area contributed by atoms with Crippen molar-refractivity contribution < 1.29 is 18.9 Å². The molecule has 0 saturated heterocycles. The smallest absolute Gasteiger partial charge is 0.407 e. The van der Waals surface area contributed by atoms with Crippen molar-refractivity contribution in [1.29, 1.82) is 0 Å². The number of anilines is 1. The number of hydrogen-bond donors (Lipinski definition) is 2. The molecule has 3 rings (SSSR count). The van der Waals surface area contributed by atoms with Crippen molar-refractivity contribution >= 4 is 46.1 Å². The predicted molar refractivity (Wildman–Crippen MR) is 111 cm³/mol. The number of thioether (sulfide) groups is 1. The van der Waals surface area contributed by atoms with Gasteiger partial charge in [0.1, 0.15) is 0 Å². The molecule has 3 N–H and O–H groups in total. The quantitative estimate of drug-likeness (QED) is 0.301. The standard InChI is InChI=1S/C19H18N4O6S/c20-17(24)11-30-16-5-2-1-4-13(16)21-18(25)6-3-9-22-14-8-7-12(23(27)28)10-15(14)29-19(22)26/h1-2,4-5,7-8,10H,3,6,9,11H2,(H2,20,24)(H,21,25). The van der Waals surface area contributed by atoms with Crippen LogP contribution in [-0.4, -0.2) is 27.1 Å². The van der Waals surface area contributed by atoms with Gasteiger partial charge in [-0.05, 0) is 24.6 Å². The van der Waals surface area contributed by atoms with Gasteiger partial charge in [0.05, 0.1) is 27.9 Å². The second kappa shape index (κ2) is 9.27. The zero-order chi connectivity index (χ0) is 21.7. The van der Waals surface area contributed by atoms with Crippen LogP contribution in [0.25, 0.3) is 11.1 Å². The van der Waals surface area contributed by atoms with E-state index in [1.807, 2.05) is 0 Å². The molecule has 30 heavy (non-hydrogen) atoms. The highest BCUT2D eigenvalue weighted by atomic mass is 32.2. The van der Waals surface area contributed by atoms with Crippen LogP contribution in [-0.2, 0) is 16.1 Å². The molecule has 2 aromatic carbocycles. The van der Waals surface area contributed by atoms with Crippen molar-refractivity contribution in [2.24, 2.45) is 5.73 Å². The van der Waals surface area contributed by atoms with Gasteiger partial charge >= 0.3 is 5.76 Å². The van der Waals surface area contributed by atoms with E-state index in [0.29, 0.717) is 17.6 Å². The molecule has 0 aliphatic carbocycles. The lowest BCUT2D eigenvalue weighted by Gasteiger charge is -2.10. The maximum atomic E-state index is 12.3. The van der Waals surface area contributed by atoms with Gasteiger partial charge in [-0.3, -0.25) is 24.3 Å². The normalized spacial score (nSPS) is 10.8. The van der Waals surface area contributed by atoms with Crippen LogP contribution in [0.1, 0.15) is 12.8 Å². The van der Waals surface area contributed by atoms with Gasteiger partial charge in [0, 0.05) is 23.9 Å². The van der Waals surface area contributed by atoms with E-state index >= 15 is 0 Å². The Morgan fingerprint density at radius 2 is 2.00 bits per heavy atom. The molecule has 0 spiro atoms. The highest BCUT2D eigenvalue weighted by Crippen LogP contribution is 2.27. The van der Waals surface area contributed by atoms with Gasteiger partial charge < -0.3 is 15.5 Å². The van der Waals surface area contributed by atoms with Gasteiger partial charge in [-0.25, -0.2) is 4.79 Å². The van der Waals surface area contributed by atoms with Crippen molar-refractivity contribution in [1.82, 2.24) is 4.57 Å². The lowest BCUT2D eigenvalue weighted by atomic mass is 10.2. The Bertz CT molecular complexity index is 1170. The zero-order valence-electron chi connectivity index (χ0n) is 15.7. The number of rotatable bonds is 9. The van der Waals surface area contributed by atoms with E-state index in [2.05, 4.69) is 5.32 Å². The number of aromatic nitrogens is 1. The molecule has 11 heteroatoms. The molecule has 1 heterocycles. The third-order valence-electron chi connectivity index (χ3n) is 4.18. The van der Waals surface area contributed by atoms with Crippen LogP contribution in [0.4, 0.5) is 11.4 Å². The SMILES string of the molecule is NC(=O)CSc1ccccc1NC(=O)CCCn1c(=O)oc2cc([N+](=O)[O-])ccc21. The topological polar surface area (TPSA) is 150 Å². The minimum absolute atomic E-state index is 0.0987. The first-order chi connectivity index (χ1) is 14.3. The third kappa shape index (κ3) is 5.06. The fourth-order valence-corrected chi connectivity index (χ4v) is 3.58. The van der Waals surface area contributed by atoms with Crippen LogP contribution in [0.3, 0.4) is 0 Å². The maximum absolute atomic E-state index is 12.3. The van der Waals surface area contributed by atoms with Crippen LogP contribution < -0.4 is 16.8 Å². The molecule has 0 radical (unpaired) electrons. The highest BCUT2D eigenvalue weighted by molar-refractivity contribution is 8.00. The van der Waals surface area contributed by atoms with Gasteiger partial charge in [-0.2, -0.15) is 0 Å². The minimum Gasteiger partial charge on any atom is -0.407 e. The number of amides is 2. The average molecular weight is 430 g/mol. The van der Waals surface area contributed by atoms with Crippen LogP contribution in [0.15, 0.2) is 56.6 Å². The summed E-state index contributed by atoms with van der Waals surface area (Å²) < 4.78 is 6.40. The maximum Gasteiger partial charge on any atom is 0.419 e. The number of hydrogen-bond acceptors (Lipinski definition) is 7. The number of aryl methyl sites for hydroxylation is 1. The van der Waals surface area contributed by atoms with Crippen molar-refractivity contribution in [3.05, 3.63) is 63.1 Å². The van der Waals surface area contributed by atoms with Gasteiger partial charge in [0.2, 0.25) is 11.8 Å². The number of nitrogens with one attached hydrogen (secondary N) is 1. The number of fused-ring (bicyclic) bond motifs is 1. The van der Waals surface area contributed by atoms with Gasteiger partial charge in [-0.15, -0.1) is 11.8 Å². The number of oxazole rings is 1. The van der Waals surface area contributed by atoms with E-state index in [9.17, 15) is 24.5 Å². The Balaban J connectivity index is 1.62. The molecule has 0 fully saturated rings. The Hall–Kier alpha value is -3.60. The molecular formula is C19H18N4O6S. The summed E-state index contributed by atoms with van der Waals surface area (Å²) in [6.07, 6.45) is 0.495. The van der Waals surface area contributed by atoms with E-state index in [0.717, 1.165) is 4.90 Å². The highest BCUT2D eigenvalue weighted by Gasteiger charge is 2.14. The first-order valence-corrected chi connectivity index (χ1v) is 9.91. The molecule has 10 nitrogen and oxygen atoms in total. The molecule has 0 aliphatic rings. The van der Waals surface area contributed by atoms with Gasteiger partial charge in [0.15, 0.2) is 5.58 Å². The van der Waals surface area contributed by atoms with E-state index < -0.39 is 16.6 Å². The summed E-state index contributed by atoms with van der Waals surface area (Å²) in [5.74, 6) is -1.25. The van der Waals surface area contributed by atoms with Crippen molar-refractivity contribution in [2.75, 3.05) is 11.1 Å². The lowest BCUT2D eigenvalue weighted by Crippen LogP contribution is -2.17. The summed E-state index contributed by atoms with van der Waals surface area (Å²) in [6, 6.07) is 11.0. The minimum atomic E-state index is -0.640. The van der Waals surface area contributed by atoms with Crippen LogP contribution in [0, 0.1) is 10.1 Å². The van der Waals surface area contributed by atoms with Crippen molar-refractivity contribution in [3.63, 3.8) is 0 Å². The third-order valence-corrected chi connectivity index (χ3v) is 5.28. The molecule has 0 unspecified atom stereocenters. The summed E-state index contributed by atoms with van der Waals surface area (Å²) in [5.41, 5.74) is 6.12. The van der Waals surface area contributed by atoms with Gasteiger partial charge in [0.25, 0.3) is 5.69 Å². The van der Waals surface area contributed by atoms with E-state index in [-0.39, 0.29) is 35.9 Å². The number of benzene rings is 2. The molecular weight excluding hydrogens is 412 g/mol. The van der Waals surface area contributed by atoms with Crippen LogP contribution in [0.2, 0.25) is 0 Å². The summed E-state index contributed by atoms with van der Waals surface area (Å²) in [7, 11) is 0. The number of nitrogens with zero attached hydrogens (tertiary/aromatic N) is 2. The first kappa shape index (κ1) is 21.1. The van der Waals surface area contributed by atoms with E-state index in [1.54, 1.807) is 24.3 Å². The molecule has 1 aromatic heterocycles. The fourth-order valence-electron chi connectivity index (χ4n) is 2.84. The molecule has 0 atom stereocenters. The van der Waals surface area contributed by atoms with Crippen LogP contribution in [0.5, 0.6) is 0 Å². The second-order valence-electron chi connectivity index (χ2n) is 6.33. The number of non-ortho nitro benzene ring substituents is 1. The average Bonchev–Trinajstić information content (AvgIpc) is 3.01. The van der Waals surface area contributed by atoms with E-state index in [1.165, 1.54) is 34.5 Å². The predicted octanol–water partition coefficient (Wildman–Crippen LogP) is 2.50. The fraction of sp³-hybridized carbons (Fsp3) is 0.211. The summed E-state index contributed by atoms with van der Waals surface area (Å²) >= 11 is 1.23. The molecule has 156 valence electrons. The number of carbonyl (C=O) groups excluding carboxylic acids is 2. The Morgan fingerprint density at radius 3 is 2.73 bits per heavy atom. The number of para-hydroxylation sites is 1. The molecule has 0 saturated carbocycles. The number of primary amides is 1. The zero-order valence-corrected chi connectivity index (χ0v) is 16.5. The summed E-state index contributed by atoms with van der Waals surface area (Å²) in [5, 5.41) is 13.6. The number of carbonyl (C=O) groups is 2. The Morgan fingerprint density at radius 1 is 1.23 bits per heavy atom. The molecule has 3 aromatic rings. The number of nitrogens with two attached hydrogens (primary N) is 1. The lowest BCUT2D eigenvalue weighted by molar-refractivity contribution is -0.384. The van der Waals surface area contributed by atoms with E-state index in [4.69, 9.17) is 10.2 Å². The largest absolute Gasteiger partial charge is 0.419 e. The van der Waals surface area contributed by atoms with Crippen molar-refractivity contribution in [3.8, 4) is 0 Å². The first-order valence-electron chi connectivity index (χ1n) is 8.93. The second-order valence-corrected chi connectivity index (χ2v) is 7.35. The number of nitro groups is 1. The molecule has 2 amide bonds. The Kier molecular flexibility index (Phi) is 6.52. The molecule has 0 bridgehead atoms. The molecule has 0 aliphatic heterocycles. The Labute approximate surface area is 174 Å². The monoisotopic (exact) mass is 430 g/mol. The summed E-state index contributed by atoms with van der Waals surface area (Å²) in [4.78, 5) is 46.3. The van der Waals surface area contributed by atoms with Crippen molar-refractivity contribution in [2.45, 2.75) is 24.3 Å². The number of nitro benzene ring substituents is 1. The van der Waals surface area contributed by atoms with Gasteiger partial charge in [-0.1, -0.05) is 12.1 Å². The summed E-state index contributed by atoms with van der Waals surface area (Å²) in [6.45, 7) is 0.217.